The molecule has 0 bridgehead atoms. The summed E-state index contributed by atoms with van der Waals surface area (Å²) in [6.45, 7) is 1.94. The number of aliphatic imine (C=N–C) groups is 1. The lowest BCUT2D eigenvalue weighted by Crippen LogP contribution is -2.01. The van der Waals surface area contributed by atoms with Crippen LogP contribution in [0.3, 0.4) is 0 Å². The van der Waals surface area contributed by atoms with Crippen molar-refractivity contribution in [1.82, 2.24) is 0 Å². The molecule has 0 N–H and O–H groups in total. The molecule has 0 aromatic heterocycles. The van der Waals surface area contributed by atoms with Gasteiger partial charge in [0.1, 0.15) is 0 Å². The number of ketones is 1. The van der Waals surface area contributed by atoms with E-state index in [1.807, 2.05) is 37.3 Å². The molecule has 0 heterocycles. The third-order valence-electron chi connectivity index (χ3n) is 2.60. The first-order chi connectivity index (χ1) is 8.72. The van der Waals surface area contributed by atoms with E-state index in [9.17, 15) is 4.79 Å². The predicted molar refractivity (Wildman–Crippen MR) is 75.7 cm³/mol. The first kappa shape index (κ1) is 12.4. The van der Waals surface area contributed by atoms with Crippen LogP contribution < -0.4 is 0 Å². The first-order valence-electron chi connectivity index (χ1n) is 5.50. The Morgan fingerprint density at radius 1 is 1.17 bits per heavy atom. The summed E-state index contributed by atoms with van der Waals surface area (Å²) in [7, 11) is 0. The molecule has 18 heavy (non-hydrogen) atoms. The number of aryl methyl sites for hydroxylation is 1. The van der Waals surface area contributed by atoms with Crippen molar-refractivity contribution in [3.8, 4) is 0 Å². The Morgan fingerprint density at radius 2 is 1.89 bits per heavy atom. The molecule has 0 fully saturated rings. The third kappa shape index (κ3) is 2.59. The van der Waals surface area contributed by atoms with E-state index in [2.05, 4.69) is 22.4 Å². The van der Waals surface area contributed by atoms with Crippen molar-refractivity contribution in [3.63, 3.8) is 0 Å². The Labute approximate surface area is 111 Å². The van der Waals surface area contributed by atoms with Gasteiger partial charge in [0, 0.05) is 11.1 Å². The van der Waals surface area contributed by atoms with Crippen LogP contribution in [0.4, 0.5) is 5.69 Å². The largest absolute Gasteiger partial charge is 0.289 e. The Balaban J connectivity index is 2.51. The molecule has 0 aliphatic rings. The van der Waals surface area contributed by atoms with Crippen LogP contribution >= 0.6 is 12.2 Å². The zero-order chi connectivity index (χ0) is 13.0. The smallest absolute Gasteiger partial charge is 0.195 e. The fraction of sp³-hybridized carbons (Fsp3) is 0.0667. The van der Waals surface area contributed by atoms with E-state index in [-0.39, 0.29) is 5.78 Å². The average molecular weight is 253 g/mol. The van der Waals surface area contributed by atoms with Crippen molar-refractivity contribution < 1.29 is 4.79 Å². The molecule has 2 nitrogen and oxygen atoms in total. The van der Waals surface area contributed by atoms with Crippen molar-refractivity contribution >= 4 is 28.8 Å². The molecule has 0 unspecified atom stereocenters. The first-order valence-corrected chi connectivity index (χ1v) is 5.91. The number of benzene rings is 2. The number of carbonyl (C=O) groups excluding carboxylic acids is 1. The fourth-order valence-electron chi connectivity index (χ4n) is 1.72. The van der Waals surface area contributed by atoms with Gasteiger partial charge in [-0.2, -0.15) is 4.99 Å². The summed E-state index contributed by atoms with van der Waals surface area (Å²) in [5.74, 6) is -0.0559. The quantitative estimate of drug-likeness (QED) is 0.470. The molecule has 0 atom stereocenters. The van der Waals surface area contributed by atoms with Crippen LogP contribution in [0.2, 0.25) is 0 Å². The van der Waals surface area contributed by atoms with Crippen LogP contribution in [-0.2, 0) is 0 Å². The molecule has 2 aromatic carbocycles. The summed E-state index contributed by atoms with van der Waals surface area (Å²) < 4.78 is 0. The molecule has 0 radical (unpaired) electrons. The van der Waals surface area contributed by atoms with Crippen molar-refractivity contribution in [2.75, 3.05) is 0 Å². The van der Waals surface area contributed by atoms with Crippen LogP contribution in [0.25, 0.3) is 0 Å². The van der Waals surface area contributed by atoms with Crippen LogP contribution in [0.1, 0.15) is 21.5 Å². The van der Waals surface area contributed by atoms with E-state index in [0.717, 1.165) is 5.56 Å². The Bertz CT molecular complexity index is 628. The summed E-state index contributed by atoms with van der Waals surface area (Å²) in [5.41, 5.74) is 2.79. The minimum absolute atomic E-state index is 0.0559. The topological polar surface area (TPSA) is 29.4 Å². The third-order valence-corrected chi connectivity index (χ3v) is 2.69. The Hall–Kier alpha value is -2.09. The minimum atomic E-state index is -0.0559. The number of isothiocyanates is 1. The van der Waals surface area contributed by atoms with Crippen molar-refractivity contribution in [2.24, 2.45) is 4.99 Å². The van der Waals surface area contributed by atoms with Crippen LogP contribution in [-0.4, -0.2) is 10.9 Å². The van der Waals surface area contributed by atoms with Crippen molar-refractivity contribution in [1.29, 1.82) is 0 Å². The molecular weight excluding hydrogens is 242 g/mol. The summed E-state index contributed by atoms with van der Waals surface area (Å²) in [6.07, 6.45) is 0. The lowest BCUT2D eigenvalue weighted by atomic mass is 10.0. The Morgan fingerprint density at radius 3 is 2.56 bits per heavy atom. The zero-order valence-corrected chi connectivity index (χ0v) is 10.7. The molecule has 0 aliphatic carbocycles. The van der Waals surface area contributed by atoms with Gasteiger partial charge in [0.25, 0.3) is 0 Å². The van der Waals surface area contributed by atoms with Gasteiger partial charge in [-0.05, 0) is 36.8 Å². The van der Waals surface area contributed by atoms with Gasteiger partial charge in [0.2, 0.25) is 0 Å². The highest BCUT2D eigenvalue weighted by Crippen LogP contribution is 2.23. The highest BCUT2D eigenvalue weighted by molar-refractivity contribution is 7.78. The van der Waals surface area contributed by atoms with Crippen LogP contribution in [0.5, 0.6) is 0 Å². The molecule has 0 saturated carbocycles. The van der Waals surface area contributed by atoms with Gasteiger partial charge >= 0.3 is 0 Å². The summed E-state index contributed by atoms with van der Waals surface area (Å²) in [6, 6.07) is 14.6. The minimum Gasteiger partial charge on any atom is -0.289 e. The number of nitrogens with zero attached hydrogens (tertiary/aromatic N) is 1. The van der Waals surface area contributed by atoms with E-state index in [4.69, 9.17) is 0 Å². The molecular formula is C15H11NOS. The lowest BCUT2D eigenvalue weighted by molar-refractivity contribution is 0.103. The van der Waals surface area contributed by atoms with Gasteiger partial charge < -0.3 is 0 Å². The number of hydrogen-bond acceptors (Lipinski definition) is 3. The number of thiocarbonyl (C=S) groups is 1. The zero-order valence-electron chi connectivity index (χ0n) is 9.88. The molecule has 3 heteroatoms. The summed E-state index contributed by atoms with van der Waals surface area (Å²) in [5, 5.41) is 2.31. The van der Waals surface area contributed by atoms with E-state index in [1.165, 1.54) is 0 Å². The van der Waals surface area contributed by atoms with Crippen molar-refractivity contribution in [3.05, 3.63) is 65.2 Å². The molecule has 2 rings (SSSR count). The average Bonchev–Trinajstić information content (AvgIpc) is 2.40. The van der Waals surface area contributed by atoms with Gasteiger partial charge in [-0.15, -0.1) is 0 Å². The monoisotopic (exact) mass is 253 g/mol. The highest BCUT2D eigenvalue weighted by atomic mass is 32.1. The molecule has 2 aromatic rings. The number of hydrogen-bond donors (Lipinski definition) is 0. The summed E-state index contributed by atoms with van der Waals surface area (Å²) >= 11 is 4.61. The van der Waals surface area contributed by atoms with E-state index < -0.39 is 0 Å². The molecule has 88 valence electrons. The maximum atomic E-state index is 12.3. The van der Waals surface area contributed by atoms with Gasteiger partial charge in [-0.1, -0.05) is 36.4 Å². The second kappa shape index (κ2) is 5.50. The van der Waals surface area contributed by atoms with Gasteiger partial charge in [-0.25, -0.2) is 0 Å². The number of rotatable bonds is 3. The molecule has 0 amide bonds. The lowest BCUT2D eigenvalue weighted by Gasteiger charge is -2.05. The van der Waals surface area contributed by atoms with Gasteiger partial charge in [0.05, 0.1) is 10.8 Å². The van der Waals surface area contributed by atoms with Crippen molar-refractivity contribution in [2.45, 2.75) is 6.92 Å². The van der Waals surface area contributed by atoms with E-state index >= 15 is 0 Å². The maximum Gasteiger partial charge on any atom is 0.195 e. The second-order valence-electron chi connectivity index (χ2n) is 3.92. The summed E-state index contributed by atoms with van der Waals surface area (Å²) in [4.78, 5) is 16.3. The fourth-order valence-corrected chi connectivity index (χ4v) is 1.82. The van der Waals surface area contributed by atoms with E-state index in [0.29, 0.717) is 16.8 Å². The molecule has 0 spiro atoms. The molecule has 0 saturated heterocycles. The highest BCUT2D eigenvalue weighted by Gasteiger charge is 2.12. The van der Waals surface area contributed by atoms with Gasteiger partial charge in [0.15, 0.2) is 5.78 Å². The normalized spacial score (nSPS) is 9.61. The second-order valence-corrected chi connectivity index (χ2v) is 4.10. The predicted octanol–water partition coefficient (Wildman–Crippen LogP) is 3.96. The number of carbonyl (C=O) groups is 1. The Kier molecular flexibility index (Phi) is 3.78. The van der Waals surface area contributed by atoms with Crippen LogP contribution in [0, 0.1) is 6.92 Å². The SMILES string of the molecule is Cc1ccc(C(=O)c2ccccc2)c(N=C=S)c1. The van der Waals surface area contributed by atoms with Crippen LogP contribution in [0.15, 0.2) is 53.5 Å². The standard InChI is InChI=1S/C15H11NOS/c1-11-7-8-13(14(9-11)16-10-18)15(17)12-5-3-2-4-6-12/h2-9H,1H3. The van der Waals surface area contributed by atoms with E-state index in [1.54, 1.807) is 18.2 Å². The molecule has 0 aliphatic heterocycles. The maximum absolute atomic E-state index is 12.3. The van der Waals surface area contributed by atoms with Gasteiger partial charge in [-0.3, -0.25) is 4.79 Å².